The Morgan fingerprint density at radius 2 is 2.00 bits per heavy atom. The summed E-state index contributed by atoms with van der Waals surface area (Å²) in [7, 11) is 0. The minimum absolute atomic E-state index is 0.0419. The van der Waals surface area contributed by atoms with Gasteiger partial charge in [-0.25, -0.2) is 0 Å². The molecule has 2 saturated heterocycles. The highest BCUT2D eigenvalue weighted by molar-refractivity contribution is 6.30. The minimum atomic E-state index is -0.348. The van der Waals surface area contributed by atoms with Gasteiger partial charge in [0, 0.05) is 30.7 Å². The van der Waals surface area contributed by atoms with E-state index in [-0.39, 0.29) is 17.9 Å². The molecule has 24 heavy (non-hydrogen) atoms. The van der Waals surface area contributed by atoms with E-state index in [0.29, 0.717) is 37.9 Å². The molecule has 1 atom stereocenters. The van der Waals surface area contributed by atoms with Crippen LogP contribution < -0.4 is 0 Å². The highest BCUT2D eigenvalue weighted by Gasteiger charge is 2.36. The predicted octanol–water partition coefficient (Wildman–Crippen LogP) is 2.20. The van der Waals surface area contributed by atoms with E-state index >= 15 is 0 Å². The topological polar surface area (TPSA) is 49.9 Å². The smallest absolute Gasteiger partial charge is 0.247 e. The van der Waals surface area contributed by atoms with Gasteiger partial charge in [0.2, 0.25) is 11.8 Å². The van der Waals surface area contributed by atoms with E-state index in [1.165, 1.54) is 6.08 Å². The summed E-state index contributed by atoms with van der Waals surface area (Å²) in [4.78, 5) is 28.7. The number of halogens is 1. The van der Waals surface area contributed by atoms with Crippen LogP contribution in [0.2, 0.25) is 5.02 Å². The summed E-state index contributed by atoms with van der Waals surface area (Å²) in [5.74, 6) is -0.0839. The van der Waals surface area contributed by atoms with E-state index in [4.69, 9.17) is 16.3 Å². The molecule has 0 aliphatic carbocycles. The number of likely N-dealkylation sites (tertiary alicyclic amines) is 1. The van der Waals surface area contributed by atoms with Crippen LogP contribution in [-0.4, -0.2) is 60.5 Å². The lowest BCUT2D eigenvalue weighted by Crippen LogP contribution is -2.50. The molecule has 128 valence electrons. The number of hydrogen-bond donors (Lipinski definition) is 0. The largest absolute Gasteiger partial charge is 0.378 e. The van der Waals surface area contributed by atoms with Crippen molar-refractivity contribution in [3.8, 4) is 0 Å². The molecule has 0 unspecified atom stereocenters. The Hall–Kier alpha value is -1.85. The van der Waals surface area contributed by atoms with Gasteiger partial charge in [-0.15, -0.1) is 0 Å². The second kappa shape index (κ2) is 7.81. The molecule has 2 aliphatic heterocycles. The molecule has 2 heterocycles. The molecule has 0 spiro atoms. The van der Waals surface area contributed by atoms with E-state index in [1.807, 2.05) is 12.1 Å². The lowest BCUT2D eigenvalue weighted by atomic mass is 10.1. The van der Waals surface area contributed by atoms with Gasteiger partial charge in [-0.05, 0) is 36.6 Å². The maximum atomic E-state index is 12.7. The number of nitrogens with zero attached hydrogens (tertiary/aromatic N) is 2. The Morgan fingerprint density at radius 1 is 1.21 bits per heavy atom. The van der Waals surface area contributed by atoms with Gasteiger partial charge in [0.05, 0.1) is 13.2 Å². The third kappa shape index (κ3) is 3.97. The molecule has 1 aromatic carbocycles. The van der Waals surface area contributed by atoms with E-state index in [1.54, 1.807) is 28.0 Å². The number of carbonyl (C=O) groups excluding carboxylic acids is 2. The van der Waals surface area contributed by atoms with Crippen LogP contribution in [0.1, 0.15) is 18.4 Å². The van der Waals surface area contributed by atoms with Crippen molar-refractivity contribution in [2.75, 3.05) is 32.8 Å². The average Bonchev–Trinajstić information content (AvgIpc) is 3.09. The van der Waals surface area contributed by atoms with Crippen LogP contribution in [0.15, 0.2) is 30.3 Å². The molecule has 2 amide bonds. The fourth-order valence-electron chi connectivity index (χ4n) is 3.16. The summed E-state index contributed by atoms with van der Waals surface area (Å²) in [6.07, 6.45) is 4.85. The lowest BCUT2D eigenvalue weighted by molar-refractivity contribution is -0.144. The molecule has 6 heteroatoms. The van der Waals surface area contributed by atoms with Crippen molar-refractivity contribution in [2.45, 2.75) is 18.9 Å². The van der Waals surface area contributed by atoms with Gasteiger partial charge >= 0.3 is 0 Å². The number of morpholine rings is 1. The highest BCUT2D eigenvalue weighted by atomic mass is 35.5. The summed E-state index contributed by atoms with van der Waals surface area (Å²) in [5.41, 5.74) is 0.867. The van der Waals surface area contributed by atoms with Gasteiger partial charge in [-0.2, -0.15) is 0 Å². The van der Waals surface area contributed by atoms with Gasteiger partial charge in [0.1, 0.15) is 6.04 Å². The molecule has 0 saturated carbocycles. The maximum absolute atomic E-state index is 12.7. The normalized spacial score (nSPS) is 21.5. The second-order valence-electron chi connectivity index (χ2n) is 6.02. The number of ether oxygens (including phenoxy) is 1. The quantitative estimate of drug-likeness (QED) is 0.787. The predicted molar refractivity (Wildman–Crippen MR) is 92.6 cm³/mol. The van der Waals surface area contributed by atoms with Crippen LogP contribution in [0.4, 0.5) is 0 Å². The molecule has 0 aromatic heterocycles. The van der Waals surface area contributed by atoms with E-state index in [9.17, 15) is 9.59 Å². The maximum Gasteiger partial charge on any atom is 0.247 e. The summed E-state index contributed by atoms with van der Waals surface area (Å²) in [5, 5.41) is 0.631. The van der Waals surface area contributed by atoms with Crippen LogP contribution in [0, 0.1) is 0 Å². The number of hydrogen-bond acceptors (Lipinski definition) is 3. The van der Waals surface area contributed by atoms with Crippen molar-refractivity contribution in [1.82, 2.24) is 9.80 Å². The van der Waals surface area contributed by atoms with E-state index in [2.05, 4.69) is 0 Å². The van der Waals surface area contributed by atoms with Gasteiger partial charge in [0.15, 0.2) is 0 Å². The summed E-state index contributed by atoms with van der Waals surface area (Å²) in [6, 6.07) is 6.96. The van der Waals surface area contributed by atoms with Crippen LogP contribution in [0.5, 0.6) is 0 Å². The molecule has 1 aromatic rings. The molecule has 0 bridgehead atoms. The van der Waals surface area contributed by atoms with Crippen molar-refractivity contribution in [1.29, 1.82) is 0 Å². The standard InChI is InChI=1S/C18H21ClN2O3/c19-15-4-1-3-14(13-15)6-7-17(22)21-8-2-5-16(21)18(23)20-9-11-24-12-10-20/h1,3-4,6-7,13,16H,2,5,8-12H2/b7-6-/t16-/m0/s1. The second-order valence-corrected chi connectivity index (χ2v) is 6.45. The third-order valence-electron chi connectivity index (χ3n) is 4.41. The zero-order valence-corrected chi connectivity index (χ0v) is 14.2. The molecular weight excluding hydrogens is 328 g/mol. The van der Waals surface area contributed by atoms with Crippen molar-refractivity contribution in [2.24, 2.45) is 0 Å². The Bertz CT molecular complexity index is 641. The first-order valence-corrected chi connectivity index (χ1v) is 8.64. The van der Waals surface area contributed by atoms with Gasteiger partial charge < -0.3 is 14.5 Å². The zero-order valence-electron chi connectivity index (χ0n) is 13.5. The number of benzene rings is 1. The van der Waals surface area contributed by atoms with Crippen molar-refractivity contribution >= 4 is 29.5 Å². The molecular formula is C18H21ClN2O3. The van der Waals surface area contributed by atoms with Crippen molar-refractivity contribution in [3.63, 3.8) is 0 Å². The summed E-state index contributed by atoms with van der Waals surface area (Å²) in [6.45, 7) is 2.98. The first-order valence-electron chi connectivity index (χ1n) is 8.26. The van der Waals surface area contributed by atoms with Gasteiger partial charge in [0.25, 0.3) is 0 Å². The Morgan fingerprint density at radius 3 is 2.75 bits per heavy atom. The van der Waals surface area contributed by atoms with Crippen LogP contribution >= 0.6 is 11.6 Å². The first-order chi connectivity index (χ1) is 11.6. The summed E-state index contributed by atoms with van der Waals surface area (Å²) < 4.78 is 5.29. The number of amides is 2. The minimum Gasteiger partial charge on any atom is -0.378 e. The van der Waals surface area contributed by atoms with Crippen LogP contribution in [0.25, 0.3) is 6.08 Å². The average molecular weight is 349 g/mol. The van der Waals surface area contributed by atoms with Crippen molar-refractivity contribution < 1.29 is 14.3 Å². The monoisotopic (exact) mass is 348 g/mol. The van der Waals surface area contributed by atoms with Gasteiger partial charge in [-0.3, -0.25) is 9.59 Å². The van der Waals surface area contributed by atoms with Crippen LogP contribution in [0.3, 0.4) is 0 Å². The van der Waals surface area contributed by atoms with Crippen LogP contribution in [-0.2, 0) is 14.3 Å². The van der Waals surface area contributed by atoms with Gasteiger partial charge in [-0.1, -0.05) is 23.7 Å². The third-order valence-corrected chi connectivity index (χ3v) is 4.65. The fourth-order valence-corrected chi connectivity index (χ4v) is 3.35. The SMILES string of the molecule is O=C([C@@H]1CCCN1C(=O)/C=C\c1cccc(Cl)c1)N1CCOCC1. The van der Waals surface area contributed by atoms with E-state index in [0.717, 1.165) is 18.4 Å². The lowest BCUT2D eigenvalue weighted by Gasteiger charge is -2.32. The molecule has 2 fully saturated rings. The van der Waals surface area contributed by atoms with Crippen molar-refractivity contribution in [3.05, 3.63) is 40.9 Å². The Balaban J connectivity index is 1.65. The fraction of sp³-hybridized carbons (Fsp3) is 0.444. The number of rotatable bonds is 3. The Kier molecular flexibility index (Phi) is 5.53. The molecule has 2 aliphatic rings. The summed E-state index contributed by atoms with van der Waals surface area (Å²) >= 11 is 5.95. The van der Waals surface area contributed by atoms with E-state index < -0.39 is 0 Å². The zero-order chi connectivity index (χ0) is 16.9. The molecule has 5 nitrogen and oxygen atoms in total. The molecule has 0 radical (unpaired) electrons. The molecule has 0 N–H and O–H groups in total. The number of carbonyl (C=O) groups is 2. The first kappa shape index (κ1) is 17.0. The molecule has 3 rings (SSSR count). The Labute approximate surface area is 146 Å². The highest BCUT2D eigenvalue weighted by Crippen LogP contribution is 2.21.